The van der Waals surface area contributed by atoms with Gasteiger partial charge in [-0.3, -0.25) is 9.69 Å². The van der Waals surface area contributed by atoms with Crippen LogP contribution in [0, 0.1) is 0 Å². The van der Waals surface area contributed by atoms with Crippen LogP contribution in [-0.2, 0) is 11.3 Å². The molecule has 0 amide bonds. The number of ether oxygens (including phenoxy) is 3. The van der Waals surface area contributed by atoms with Gasteiger partial charge in [-0.25, -0.2) is 0 Å². The van der Waals surface area contributed by atoms with E-state index < -0.39 is 0 Å². The van der Waals surface area contributed by atoms with E-state index in [4.69, 9.17) is 14.2 Å². The molecule has 1 N–H and O–H groups in total. The summed E-state index contributed by atoms with van der Waals surface area (Å²) in [6, 6.07) is 6.11. The predicted molar refractivity (Wildman–Crippen MR) is 90.6 cm³/mol. The molecular formula is C18H22N2O4. The maximum absolute atomic E-state index is 12.5. The smallest absolute Gasteiger partial charge is 0.252 e. The van der Waals surface area contributed by atoms with Crippen molar-refractivity contribution in [3.63, 3.8) is 0 Å². The Labute approximate surface area is 140 Å². The molecular weight excluding hydrogens is 308 g/mol. The number of benzene rings is 1. The van der Waals surface area contributed by atoms with Crippen LogP contribution in [0.15, 0.2) is 23.0 Å². The van der Waals surface area contributed by atoms with Crippen LogP contribution in [-0.4, -0.2) is 42.5 Å². The number of nitrogens with one attached hydrogen (secondary N) is 1. The van der Waals surface area contributed by atoms with E-state index in [9.17, 15) is 4.79 Å². The second kappa shape index (κ2) is 6.45. The van der Waals surface area contributed by atoms with Crippen LogP contribution in [0.25, 0.3) is 10.9 Å². The predicted octanol–water partition coefficient (Wildman–Crippen LogP) is 2.26. The van der Waals surface area contributed by atoms with E-state index in [1.54, 1.807) is 0 Å². The Morgan fingerprint density at radius 2 is 2.08 bits per heavy atom. The van der Waals surface area contributed by atoms with Crippen molar-refractivity contribution < 1.29 is 14.2 Å². The van der Waals surface area contributed by atoms with E-state index >= 15 is 0 Å². The largest absolute Gasteiger partial charge is 0.454 e. The number of hydrogen-bond acceptors (Lipinski definition) is 5. The number of H-pyrrole nitrogens is 1. The highest BCUT2D eigenvalue weighted by Gasteiger charge is 2.23. The first-order valence-electron chi connectivity index (χ1n) is 8.52. The fourth-order valence-corrected chi connectivity index (χ4v) is 3.47. The average Bonchev–Trinajstić information content (AvgIpc) is 3.03. The zero-order valence-corrected chi connectivity index (χ0v) is 13.8. The number of hydrogen-bond donors (Lipinski definition) is 1. The van der Waals surface area contributed by atoms with Gasteiger partial charge in [-0.2, -0.15) is 0 Å². The maximum Gasteiger partial charge on any atom is 0.252 e. The van der Waals surface area contributed by atoms with Crippen LogP contribution in [0.5, 0.6) is 11.5 Å². The van der Waals surface area contributed by atoms with Gasteiger partial charge in [-0.1, -0.05) is 13.3 Å². The second-order valence-corrected chi connectivity index (χ2v) is 6.40. The van der Waals surface area contributed by atoms with Crippen molar-refractivity contribution >= 4 is 10.9 Å². The summed E-state index contributed by atoms with van der Waals surface area (Å²) in [6.45, 7) is 5.40. The minimum Gasteiger partial charge on any atom is -0.454 e. The van der Waals surface area contributed by atoms with Crippen molar-refractivity contribution in [3.8, 4) is 11.5 Å². The molecule has 4 rings (SSSR count). The SMILES string of the molecule is CCC[C@@H]1COCCN1Cc1cc2cc3c(cc2[nH]c1=O)OCO3. The molecule has 0 bridgehead atoms. The Bertz CT molecular complexity index is 799. The quantitative estimate of drug-likeness (QED) is 0.931. The molecule has 1 atom stereocenters. The summed E-state index contributed by atoms with van der Waals surface area (Å²) in [5.74, 6) is 1.41. The molecule has 24 heavy (non-hydrogen) atoms. The summed E-state index contributed by atoms with van der Waals surface area (Å²) < 4.78 is 16.4. The summed E-state index contributed by atoms with van der Waals surface area (Å²) in [4.78, 5) is 17.8. The monoisotopic (exact) mass is 330 g/mol. The third kappa shape index (κ3) is 2.87. The lowest BCUT2D eigenvalue weighted by Gasteiger charge is -2.35. The van der Waals surface area contributed by atoms with Crippen molar-refractivity contribution in [3.05, 3.63) is 34.1 Å². The minimum atomic E-state index is -0.0388. The van der Waals surface area contributed by atoms with Crippen LogP contribution in [0.1, 0.15) is 25.3 Å². The number of fused-ring (bicyclic) bond motifs is 2. The molecule has 2 aromatic rings. The number of aromatic amines is 1. The first-order chi connectivity index (χ1) is 11.7. The second-order valence-electron chi connectivity index (χ2n) is 6.40. The van der Waals surface area contributed by atoms with E-state index in [2.05, 4.69) is 16.8 Å². The number of nitrogens with zero attached hydrogens (tertiary/aromatic N) is 1. The van der Waals surface area contributed by atoms with Crippen LogP contribution in [0.3, 0.4) is 0 Å². The van der Waals surface area contributed by atoms with Gasteiger partial charge in [0, 0.05) is 36.1 Å². The zero-order chi connectivity index (χ0) is 16.5. The Morgan fingerprint density at radius 1 is 1.25 bits per heavy atom. The fraction of sp³-hybridized carbons (Fsp3) is 0.500. The molecule has 2 aliphatic heterocycles. The van der Waals surface area contributed by atoms with Crippen LogP contribution < -0.4 is 15.0 Å². The molecule has 0 radical (unpaired) electrons. The molecule has 0 spiro atoms. The van der Waals surface area contributed by atoms with Gasteiger partial charge in [0.1, 0.15) is 0 Å². The molecule has 1 fully saturated rings. The van der Waals surface area contributed by atoms with Gasteiger partial charge < -0.3 is 19.2 Å². The van der Waals surface area contributed by atoms with E-state index in [1.165, 1.54) is 0 Å². The lowest BCUT2D eigenvalue weighted by Crippen LogP contribution is -2.45. The number of pyridine rings is 1. The van der Waals surface area contributed by atoms with Gasteiger partial charge in [0.05, 0.1) is 18.7 Å². The van der Waals surface area contributed by atoms with Crippen molar-refractivity contribution in [1.29, 1.82) is 0 Å². The van der Waals surface area contributed by atoms with Crippen molar-refractivity contribution in [1.82, 2.24) is 9.88 Å². The Morgan fingerprint density at radius 3 is 2.92 bits per heavy atom. The normalized spacial score (nSPS) is 20.6. The maximum atomic E-state index is 12.5. The van der Waals surface area contributed by atoms with Gasteiger partial charge in [-0.05, 0) is 18.6 Å². The number of morpholine rings is 1. The van der Waals surface area contributed by atoms with Crippen LogP contribution >= 0.6 is 0 Å². The minimum absolute atomic E-state index is 0.0388. The third-order valence-electron chi connectivity index (χ3n) is 4.76. The molecule has 2 aliphatic rings. The van der Waals surface area contributed by atoms with Gasteiger partial charge in [0.2, 0.25) is 6.79 Å². The topological polar surface area (TPSA) is 63.8 Å². The molecule has 0 aliphatic carbocycles. The molecule has 1 aromatic heterocycles. The van der Waals surface area contributed by atoms with Crippen molar-refractivity contribution in [2.24, 2.45) is 0 Å². The highest BCUT2D eigenvalue weighted by molar-refractivity contribution is 5.83. The molecule has 6 heteroatoms. The highest BCUT2D eigenvalue weighted by atomic mass is 16.7. The molecule has 1 aromatic carbocycles. The summed E-state index contributed by atoms with van der Waals surface area (Å²) in [6.07, 6.45) is 2.20. The van der Waals surface area contributed by atoms with E-state index in [0.29, 0.717) is 18.3 Å². The summed E-state index contributed by atoms with van der Waals surface area (Å²) in [7, 11) is 0. The summed E-state index contributed by atoms with van der Waals surface area (Å²) >= 11 is 0. The van der Waals surface area contributed by atoms with Crippen LogP contribution in [0.2, 0.25) is 0 Å². The molecule has 0 saturated carbocycles. The Kier molecular flexibility index (Phi) is 4.16. The fourth-order valence-electron chi connectivity index (χ4n) is 3.47. The molecule has 0 unspecified atom stereocenters. The van der Waals surface area contributed by atoms with Gasteiger partial charge in [-0.15, -0.1) is 0 Å². The summed E-state index contributed by atoms with van der Waals surface area (Å²) in [5, 5.41) is 0.967. The van der Waals surface area contributed by atoms with Crippen LogP contribution in [0.4, 0.5) is 0 Å². The lowest BCUT2D eigenvalue weighted by molar-refractivity contribution is -0.0148. The lowest BCUT2D eigenvalue weighted by atomic mass is 10.1. The first-order valence-corrected chi connectivity index (χ1v) is 8.52. The van der Waals surface area contributed by atoms with E-state index in [1.807, 2.05) is 18.2 Å². The number of aromatic nitrogens is 1. The highest BCUT2D eigenvalue weighted by Crippen LogP contribution is 2.35. The van der Waals surface area contributed by atoms with Gasteiger partial charge >= 0.3 is 0 Å². The van der Waals surface area contributed by atoms with Crippen molar-refractivity contribution in [2.45, 2.75) is 32.4 Å². The summed E-state index contributed by atoms with van der Waals surface area (Å²) in [5.41, 5.74) is 1.52. The number of rotatable bonds is 4. The third-order valence-corrected chi connectivity index (χ3v) is 4.76. The van der Waals surface area contributed by atoms with E-state index in [-0.39, 0.29) is 12.4 Å². The average molecular weight is 330 g/mol. The first kappa shape index (κ1) is 15.5. The molecule has 6 nitrogen and oxygen atoms in total. The molecule has 128 valence electrons. The standard InChI is InChI=1S/C18H22N2O4/c1-2-3-14-10-22-5-4-20(14)9-13-6-12-7-16-17(24-11-23-16)8-15(12)19-18(13)21/h6-8,14H,2-5,9-11H2,1H3,(H,19,21)/t14-/m1/s1. The zero-order valence-electron chi connectivity index (χ0n) is 13.8. The van der Waals surface area contributed by atoms with E-state index in [0.717, 1.165) is 54.8 Å². The van der Waals surface area contributed by atoms with Gasteiger partial charge in [0.25, 0.3) is 5.56 Å². The van der Waals surface area contributed by atoms with Gasteiger partial charge in [0.15, 0.2) is 11.5 Å². The molecule has 3 heterocycles. The molecule has 1 saturated heterocycles. The Hall–Kier alpha value is -2.05. The Balaban J connectivity index is 1.65. The van der Waals surface area contributed by atoms with Crippen molar-refractivity contribution in [2.75, 3.05) is 26.6 Å².